The summed E-state index contributed by atoms with van der Waals surface area (Å²) in [5, 5.41) is 7.21. The van der Waals surface area contributed by atoms with Gasteiger partial charge < -0.3 is 10.3 Å². The topological polar surface area (TPSA) is 101 Å². The van der Waals surface area contributed by atoms with Crippen LogP contribution in [0.4, 0.5) is 5.82 Å². The molecule has 0 aliphatic carbocycles. The van der Waals surface area contributed by atoms with E-state index in [9.17, 15) is 4.79 Å². The van der Waals surface area contributed by atoms with Crippen molar-refractivity contribution in [3.63, 3.8) is 0 Å². The molecule has 0 spiro atoms. The normalized spacial score (nSPS) is 10.7. The second-order valence-corrected chi connectivity index (χ2v) is 5.89. The highest BCUT2D eigenvalue weighted by Crippen LogP contribution is 2.14. The van der Waals surface area contributed by atoms with Crippen molar-refractivity contribution in [1.82, 2.24) is 29.7 Å². The maximum atomic E-state index is 12.5. The Morgan fingerprint density at radius 1 is 1.07 bits per heavy atom. The molecule has 4 aromatic heterocycles. The van der Waals surface area contributed by atoms with Gasteiger partial charge in [0.2, 0.25) is 0 Å². The average molecular weight is 359 g/mol. The van der Waals surface area contributed by atoms with Crippen LogP contribution in [0.15, 0.2) is 67.5 Å². The average Bonchev–Trinajstić information content (AvgIpc) is 3.40. The number of hydrogen-bond donors (Lipinski definition) is 2. The van der Waals surface area contributed by atoms with Crippen molar-refractivity contribution in [2.45, 2.75) is 13.0 Å². The first kappa shape index (κ1) is 16.6. The molecule has 4 rings (SSSR count). The lowest BCUT2D eigenvalue weighted by Crippen LogP contribution is -2.13. The van der Waals surface area contributed by atoms with Gasteiger partial charge in [-0.1, -0.05) is 0 Å². The second kappa shape index (κ2) is 7.61. The summed E-state index contributed by atoms with van der Waals surface area (Å²) in [6.07, 6.45) is 11.2. The summed E-state index contributed by atoms with van der Waals surface area (Å²) >= 11 is 0. The van der Waals surface area contributed by atoms with Gasteiger partial charge in [0.15, 0.2) is 11.6 Å². The Morgan fingerprint density at radius 3 is 2.78 bits per heavy atom. The summed E-state index contributed by atoms with van der Waals surface area (Å²) in [5.74, 6) is 0.876. The Hall–Kier alpha value is -3.81. The maximum absolute atomic E-state index is 12.5. The summed E-state index contributed by atoms with van der Waals surface area (Å²) in [5.41, 5.74) is 2.28. The molecule has 0 fully saturated rings. The molecule has 0 radical (unpaired) electrons. The highest BCUT2D eigenvalue weighted by Gasteiger charge is 2.11. The minimum atomic E-state index is -0.246. The van der Waals surface area contributed by atoms with E-state index in [2.05, 4.69) is 30.4 Å². The van der Waals surface area contributed by atoms with E-state index in [4.69, 9.17) is 0 Å². The molecule has 0 atom stereocenters. The molecule has 0 bridgehead atoms. The zero-order valence-corrected chi connectivity index (χ0v) is 14.4. The van der Waals surface area contributed by atoms with Crippen molar-refractivity contribution < 1.29 is 4.79 Å². The lowest BCUT2D eigenvalue weighted by Gasteiger charge is -2.04. The van der Waals surface area contributed by atoms with E-state index >= 15 is 0 Å². The van der Waals surface area contributed by atoms with Gasteiger partial charge in [-0.2, -0.15) is 5.10 Å². The van der Waals surface area contributed by atoms with Crippen molar-refractivity contribution in [2.75, 3.05) is 5.32 Å². The fraction of sp³-hybridized carbons (Fsp3) is 0.105. The zero-order valence-electron chi connectivity index (χ0n) is 14.4. The van der Waals surface area contributed by atoms with E-state index < -0.39 is 0 Å². The van der Waals surface area contributed by atoms with E-state index in [0.29, 0.717) is 22.9 Å². The van der Waals surface area contributed by atoms with Crippen LogP contribution in [0.25, 0.3) is 11.5 Å². The molecule has 0 aliphatic heterocycles. The standard InChI is InChI=1S/C19H17N7O/c27-19(15-3-8-21-16(13-15)18-22-9-10-23-18)24-17-5-12-26(25-17)11-4-14-1-6-20-7-2-14/h1-3,5-10,12-13H,4,11H2,(H,22,23)(H,24,25,27). The Bertz CT molecular complexity index is 1030. The van der Waals surface area contributed by atoms with Crippen molar-refractivity contribution in [2.24, 2.45) is 0 Å². The van der Waals surface area contributed by atoms with Gasteiger partial charge in [0, 0.05) is 55.4 Å². The van der Waals surface area contributed by atoms with Crippen LogP contribution in [0.5, 0.6) is 0 Å². The Morgan fingerprint density at radius 2 is 1.96 bits per heavy atom. The molecule has 8 nitrogen and oxygen atoms in total. The molecule has 0 saturated carbocycles. The predicted octanol–water partition coefficient (Wildman–Crippen LogP) is 2.56. The van der Waals surface area contributed by atoms with Crippen molar-refractivity contribution in [1.29, 1.82) is 0 Å². The van der Waals surface area contributed by atoms with Crippen LogP contribution in [0.3, 0.4) is 0 Å². The minimum absolute atomic E-state index is 0.246. The Kier molecular flexibility index (Phi) is 4.69. The first-order valence-electron chi connectivity index (χ1n) is 8.47. The quantitative estimate of drug-likeness (QED) is 0.551. The molecule has 8 heteroatoms. The first-order valence-corrected chi connectivity index (χ1v) is 8.47. The molecule has 134 valence electrons. The number of carbonyl (C=O) groups excluding carboxylic acids is 1. The smallest absolute Gasteiger partial charge is 0.256 e. The molecule has 4 heterocycles. The van der Waals surface area contributed by atoms with Crippen LogP contribution in [0, 0.1) is 0 Å². The lowest BCUT2D eigenvalue weighted by molar-refractivity contribution is 0.102. The van der Waals surface area contributed by atoms with Crippen LogP contribution < -0.4 is 5.32 Å². The van der Waals surface area contributed by atoms with Crippen molar-refractivity contribution >= 4 is 11.7 Å². The first-order chi connectivity index (χ1) is 13.3. The summed E-state index contributed by atoms with van der Waals surface area (Å²) < 4.78 is 1.80. The van der Waals surface area contributed by atoms with Gasteiger partial charge in [0.1, 0.15) is 5.69 Å². The predicted molar refractivity (Wildman–Crippen MR) is 99.9 cm³/mol. The molecule has 0 unspecified atom stereocenters. The molecule has 0 aliphatic rings. The van der Waals surface area contributed by atoms with Gasteiger partial charge in [-0.05, 0) is 36.2 Å². The molecule has 0 saturated heterocycles. The SMILES string of the molecule is O=C(Nc1ccn(CCc2ccncc2)n1)c1ccnc(-c2ncc[nH]2)c1. The molecule has 2 N–H and O–H groups in total. The number of amides is 1. The number of hydrogen-bond acceptors (Lipinski definition) is 5. The number of aromatic nitrogens is 6. The maximum Gasteiger partial charge on any atom is 0.256 e. The summed E-state index contributed by atoms with van der Waals surface area (Å²) in [6, 6.07) is 9.08. The Labute approximate surface area is 155 Å². The molecular formula is C19H17N7O. The molecule has 4 aromatic rings. The third kappa shape index (κ3) is 4.06. The van der Waals surface area contributed by atoms with E-state index in [1.807, 2.05) is 18.3 Å². The Balaban J connectivity index is 1.40. The number of carbonyl (C=O) groups is 1. The van der Waals surface area contributed by atoms with Gasteiger partial charge >= 0.3 is 0 Å². The molecule has 0 aromatic carbocycles. The number of anilines is 1. The van der Waals surface area contributed by atoms with E-state index in [0.717, 1.165) is 13.0 Å². The fourth-order valence-corrected chi connectivity index (χ4v) is 2.64. The second-order valence-electron chi connectivity index (χ2n) is 5.89. The van der Waals surface area contributed by atoms with E-state index in [1.54, 1.807) is 53.9 Å². The highest BCUT2D eigenvalue weighted by atomic mass is 16.1. The van der Waals surface area contributed by atoms with Crippen LogP contribution >= 0.6 is 0 Å². The number of aryl methyl sites for hydroxylation is 2. The van der Waals surface area contributed by atoms with E-state index in [1.165, 1.54) is 5.56 Å². The zero-order chi connectivity index (χ0) is 18.5. The third-order valence-corrected chi connectivity index (χ3v) is 4.02. The van der Waals surface area contributed by atoms with Gasteiger partial charge in [-0.15, -0.1) is 0 Å². The molecular weight excluding hydrogens is 342 g/mol. The highest BCUT2D eigenvalue weighted by molar-refractivity contribution is 6.04. The minimum Gasteiger partial charge on any atom is -0.343 e. The van der Waals surface area contributed by atoms with Crippen molar-refractivity contribution in [3.8, 4) is 11.5 Å². The van der Waals surface area contributed by atoms with Crippen LogP contribution in [-0.2, 0) is 13.0 Å². The number of pyridine rings is 2. The number of imidazole rings is 1. The fourth-order valence-electron chi connectivity index (χ4n) is 2.64. The summed E-state index contributed by atoms with van der Waals surface area (Å²) in [7, 11) is 0. The van der Waals surface area contributed by atoms with E-state index in [-0.39, 0.29) is 5.91 Å². The molecule has 27 heavy (non-hydrogen) atoms. The third-order valence-electron chi connectivity index (χ3n) is 4.02. The number of H-pyrrole nitrogens is 1. The van der Waals surface area contributed by atoms with Gasteiger partial charge in [0.25, 0.3) is 5.91 Å². The number of nitrogens with one attached hydrogen (secondary N) is 2. The van der Waals surface area contributed by atoms with Crippen molar-refractivity contribution in [3.05, 3.63) is 78.6 Å². The van der Waals surface area contributed by atoms with Crippen LogP contribution in [0.1, 0.15) is 15.9 Å². The number of nitrogens with zero attached hydrogens (tertiary/aromatic N) is 5. The van der Waals surface area contributed by atoms with Gasteiger partial charge in [-0.3, -0.25) is 19.4 Å². The summed E-state index contributed by atoms with van der Waals surface area (Å²) in [6.45, 7) is 0.720. The van der Waals surface area contributed by atoms with Crippen LogP contribution in [0.2, 0.25) is 0 Å². The van der Waals surface area contributed by atoms with Crippen LogP contribution in [-0.4, -0.2) is 35.6 Å². The van der Waals surface area contributed by atoms with Gasteiger partial charge in [-0.25, -0.2) is 4.98 Å². The lowest BCUT2D eigenvalue weighted by atomic mass is 10.2. The number of aromatic amines is 1. The largest absolute Gasteiger partial charge is 0.343 e. The number of rotatable bonds is 6. The van der Waals surface area contributed by atoms with Gasteiger partial charge in [0.05, 0.1) is 0 Å². The molecule has 1 amide bonds. The monoisotopic (exact) mass is 359 g/mol. The summed E-state index contributed by atoms with van der Waals surface area (Å²) in [4.78, 5) is 27.9.